The van der Waals surface area contributed by atoms with Gasteiger partial charge >= 0.3 is 0 Å². The van der Waals surface area contributed by atoms with Gasteiger partial charge in [0.05, 0.1) is 5.69 Å². The second kappa shape index (κ2) is 6.60. The SMILES string of the molecule is Cc1nn(C)c(C)c1C[C@@H](C)C(=O)NC1CCN(C)CC1. The number of aryl methyl sites for hydroxylation is 2. The third-order valence-electron chi connectivity index (χ3n) is 4.68. The smallest absolute Gasteiger partial charge is 0.223 e. The van der Waals surface area contributed by atoms with Gasteiger partial charge in [-0.05, 0) is 58.8 Å². The molecule has 1 N–H and O–H groups in total. The van der Waals surface area contributed by atoms with Crippen molar-refractivity contribution >= 4 is 5.91 Å². The molecule has 1 amide bonds. The second-order valence-corrected chi connectivity index (χ2v) is 6.46. The number of piperidine rings is 1. The van der Waals surface area contributed by atoms with Crippen molar-refractivity contribution < 1.29 is 4.79 Å². The summed E-state index contributed by atoms with van der Waals surface area (Å²) in [6.45, 7) is 8.23. The average Bonchev–Trinajstić information content (AvgIpc) is 2.68. The zero-order chi connectivity index (χ0) is 15.6. The van der Waals surface area contributed by atoms with Gasteiger partial charge in [0.2, 0.25) is 5.91 Å². The summed E-state index contributed by atoms with van der Waals surface area (Å²) in [5, 5.41) is 7.64. The molecule has 1 aliphatic heterocycles. The lowest BCUT2D eigenvalue weighted by Gasteiger charge is -2.30. The molecule has 2 rings (SSSR count). The van der Waals surface area contributed by atoms with E-state index in [9.17, 15) is 4.79 Å². The molecule has 1 saturated heterocycles. The number of rotatable bonds is 4. The van der Waals surface area contributed by atoms with Crippen LogP contribution in [0, 0.1) is 19.8 Å². The minimum absolute atomic E-state index is 0.00810. The summed E-state index contributed by atoms with van der Waals surface area (Å²) in [5.41, 5.74) is 3.41. The molecule has 2 heterocycles. The fourth-order valence-electron chi connectivity index (χ4n) is 3.01. The van der Waals surface area contributed by atoms with Crippen molar-refractivity contribution in [1.29, 1.82) is 0 Å². The minimum Gasteiger partial charge on any atom is -0.353 e. The van der Waals surface area contributed by atoms with Crippen LogP contribution in [0.4, 0.5) is 0 Å². The number of hydrogen-bond donors (Lipinski definition) is 1. The summed E-state index contributed by atoms with van der Waals surface area (Å²) < 4.78 is 1.90. The van der Waals surface area contributed by atoms with E-state index in [-0.39, 0.29) is 11.8 Å². The Kier molecular flexibility index (Phi) is 5.04. The van der Waals surface area contributed by atoms with Crippen LogP contribution in [0.3, 0.4) is 0 Å². The van der Waals surface area contributed by atoms with Crippen LogP contribution < -0.4 is 5.32 Å². The van der Waals surface area contributed by atoms with E-state index in [0.717, 1.165) is 43.7 Å². The largest absolute Gasteiger partial charge is 0.353 e. The molecule has 0 bridgehead atoms. The lowest BCUT2D eigenvalue weighted by atomic mass is 9.97. The molecule has 1 aromatic rings. The number of nitrogens with one attached hydrogen (secondary N) is 1. The van der Waals surface area contributed by atoms with Gasteiger partial charge in [-0.3, -0.25) is 9.48 Å². The maximum atomic E-state index is 12.4. The molecule has 118 valence electrons. The molecule has 21 heavy (non-hydrogen) atoms. The lowest BCUT2D eigenvalue weighted by molar-refractivity contribution is -0.125. The van der Waals surface area contributed by atoms with E-state index in [4.69, 9.17) is 0 Å². The van der Waals surface area contributed by atoms with Crippen molar-refractivity contribution in [2.24, 2.45) is 13.0 Å². The van der Waals surface area contributed by atoms with E-state index in [1.807, 2.05) is 25.6 Å². The van der Waals surface area contributed by atoms with Crippen LogP contribution in [0.5, 0.6) is 0 Å². The first-order chi connectivity index (χ1) is 9.88. The van der Waals surface area contributed by atoms with Crippen molar-refractivity contribution in [3.8, 4) is 0 Å². The molecule has 1 atom stereocenters. The zero-order valence-electron chi connectivity index (χ0n) is 13.9. The molecular weight excluding hydrogens is 264 g/mol. The van der Waals surface area contributed by atoms with Gasteiger partial charge in [-0.1, -0.05) is 6.92 Å². The van der Waals surface area contributed by atoms with Crippen LogP contribution in [-0.4, -0.2) is 46.8 Å². The summed E-state index contributed by atoms with van der Waals surface area (Å²) in [4.78, 5) is 14.7. The van der Waals surface area contributed by atoms with Crippen LogP contribution in [0.25, 0.3) is 0 Å². The Bertz CT molecular complexity index is 501. The van der Waals surface area contributed by atoms with Gasteiger partial charge < -0.3 is 10.2 Å². The van der Waals surface area contributed by atoms with E-state index in [2.05, 4.69) is 29.3 Å². The number of carbonyl (C=O) groups is 1. The number of likely N-dealkylation sites (tertiary alicyclic amines) is 1. The highest BCUT2D eigenvalue weighted by Gasteiger charge is 2.23. The van der Waals surface area contributed by atoms with Gasteiger partial charge in [-0.25, -0.2) is 0 Å². The Hall–Kier alpha value is -1.36. The molecule has 1 aliphatic rings. The number of amides is 1. The molecule has 1 fully saturated rings. The van der Waals surface area contributed by atoms with Gasteiger partial charge in [-0.15, -0.1) is 0 Å². The maximum Gasteiger partial charge on any atom is 0.223 e. The molecule has 1 aromatic heterocycles. The molecule has 0 spiro atoms. The molecule has 0 radical (unpaired) electrons. The van der Waals surface area contributed by atoms with E-state index in [1.165, 1.54) is 5.56 Å². The van der Waals surface area contributed by atoms with Gasteiger partial charge in [0, 0.05) is 24.7 Å². The molecule has 0 saturated carbocycles. The molecule has 5 heteroatoms. The Labute approximate surface area is 127 Å². The summed E-state index contributed by atoms with van der Waals surface area (Å²) >= 11 is 0. The number of hydrogen-bond acceptors (Lipinski definition) is 3. The molecule has 0 aromatic carbocycles. The van der Waals surface area contributed by atoms with Crippen molar-refractivity contribution in [1.82, 2.24) is 20.0 Å². The van der Waals surface area contributed by atoms with Crippen molar-refractivity contribution in [2.45, 2.75) is 46.1 Å². The zero-order valence-corrected chi connectivity index (χ0v) is 13.9. The standard InChI is InChI=1S/C16H28N4O/c1-11(10-15-12(2)18-20(5)13(15)3)16(21)17-14-6-8-19(4)9-7-14/h11,14H,6-10H2,1-5H3,(H,17,21)/t11-/m1/s1. The van der Waals surface area contributed by atoms with Crippen LogP contribution in [-0.2, 0) is 18.3 Å². The average molecular weight is 292 g/mol. The number of nitrogens with zero attached hydrogens (tertiary/aromatic N) is 3. The van der Waals surface area contributed by atoms with E-state index in [1.54, 1.807) is 0 Å². The second-order valence-electron chi connectivity index (χ2n) is 6.46. The quantitative estimate of drug-likeness (QED) is 0.913. The third kappa shape index (κ3) is 3.84. The lowest BCUT2D eigenvalue weighted by Crippen LogP contribution is -2.45. The van der Waals surface area contributed by atoms with E-state index < -0.39 is 0 Å². The van der Waals surface area contributed by atoms with Gasteiger partial charge in [0.15, 0.2) is 0 Å². The Balaban J connectivity index is 1.90. The maximum absolute atomic E-state index is 12.4. The Morgan fingerprint density at radius 2 is 1.95 bits per heavy atom. The van der Waals surface area contributed by atoms with Crippen LogP contribution in [0.15, 0.2) is 0 Å². The number of carbonyl (C=O) groups excluding carboxylic acids is 1. The number of aromatic nitrogens is 2. The molecule has 0 aliphatic carbocycles. The fraction of sp³-hybridized carbons (Fsp3) is 0.750. The van der Waals surface area contributed by atoms with Crippen molar-refractivity contribution in [3.63, 3.8) is 0 Å². The Morgan fingerprint density at radius 3 is 2.48 bits per heavy atom. The highest BCUT2D eigenvalue weighted by atomic mass is 16.1. The van der Waals surface area contributed by atoms with Gasteiger partial charge in [-0.2, -0.15) is 5.10 Å². The first-order valence-corrected chi connectivity index (χ1v) is 7.86. The molecule has 0 unspecified atom stereocenters. The monoisotopic (exact) mass is 292 g/mol. The van der Waals surface area contributed by atoms with E-state index in [0.29, 0.717) is 6.04 Å². The van der Waals surface area contributed by atoms with Crippen LogP contribution in [0.2, 0.25) is 0 Å². The summed E-state index contributed by atoms with van der Waals surface area (Å²) in [6.07, 6.45) is 2.88. The third-order valence-corrected chi connectivity index (χ3v) is 4.68. The van der Waals surface area contributed by atoms with Crippen LogP contribution >= 0.6 is 0 Å². The normalized spacial score (nSPS) is 18.7. The topological polar surface area (TPSA) is 50.2 Å². The molecule has 5 nitrogen and oxygen atoms in total. The van der Waals surface area contributed by atoms with Crippen molar-refractivity contribution in [2.75, 3.05) is 20.1 Å². The van der Waals surface area contributed by atoms with Gasteiger partial charge in [0.25, 0.3) is 0 Å². The summed E-state index contributed by atoms with van der Waals surface area (Å²) in [5.74, 6) is 0.165. The predicted molar refractivity (Wildman–Crippen MR) is 84.2 cm³/mol. The fourth-order valence-corrected chi connectivity index (χ4v) is 3.01. The predicted octanol–water partition coefficient (Wildman–Crippen LogP) is 1.43. The first kappa shape index (κ1) is 16.0. The first-order valence-electron chi connectivity index (χ1n) is 7.86. The van der Waals surface area contributed by atoms with E-state index >= 15 is 0 Å². The highest BCUT2D eigenvalue weighted by molar-refractivity contribution is 5.79. The summed E-state index contributed by atoms with van der Waals surface area (Å²) in [7, 11) is 4.09. The minimum atomic E-state index is -0.00810. The molecular formula is C16H28N4O. The highest BCUT2D eigenvalue weighted by Crippen LogP contribution is 2.17. The van der Waals surface area contributed by atoms with Gasteiger partial charge in [0.1, 0.15) is 0 Å². The van der Waals surface area contributed by atoms with Crippen molar-refractivity contribution in [3.05, 3.63) is 17.0 Å². The summed E-state index contributed by atoms with van der Waals surface area (Å²) in [6, 6.07) is 0.340. The Morgan fingerprint density at radius 1 is 1.33 bits per heavy atom. The van der Waals surface area contributed by atoms with Crippen LogP contribution in [0.1, 0.15) is 36.7 Å².